The average Bonchev–Trinajstić information content (AvgIpc) is 2.40. The summed E-state index contributed by atoms with van der Waals surface area (Å²) in [6.45, 7) is 4.94. The standard InChI is InChI=1S/C15H20BrNO/c1-11-6-7-12(2)14(9-11)15(18)17-8-4-3-5-13(17)10-16/h6-7,9,13H,3-5,8,10H2,1-2H3. The van der Waals surface area contributed by atoms with E-state index in [2.05, 4.69) is 22.0 Å². The summed E-state index contributed by atoms with van der Waals surface area (Å²) in [6, 6.07) is 6.46. The molecule has 1 unspecified atom stereocenters. The molecule has 1 aliphatic heterocycles. The molecule has 0 bridgehead atoms. The second-order valence-corrected chi connectivity index (χ2v) is 5.77. The molecular formula is C15H20BrNO. The molecule has 1 atom stereocenters. The molecule has 1 aromatic carbocycles. The van der Waals surface area contributed by atoms with Crippen LogP contribution in [0.5, 0.6) is 0 Å². The minimum atomic E-state index is 0.195. The molecule has 0 N–H and O–H groups in total. The maximum Gasteiger partial charge on any atom is 0.254 e. The fourth-order valence-electron chi connectivity index (χ4n) is 2.55. The van der Waals surface area contributed by atoms with Gasteiger partial charge in [-0.1, -0.05) is 33.6 Å². The van der Waals surface area contributed by atoms with Crippen LogP contribution in [-0.4, -0.2) is 28.7 Å². The van der Waals surface area contributed by atoms with Crippen molar-refractivity contribution in [2.75, 3.05) is 11.9 Å². The number of aryl methyl sites for hydroxylation is 2. The van der Waals surface area contributed by atoms with Crippen LogP contribution in [0.1, 0.15) is 40.7 Å². The lowest BCUT2D eigenvalue weighted by Gasteiger charge is -2.35. The first kappa shape index (κ1) is 13.6. The molecule has 0 aliphatic carbocycles. The molecule has 18 heavy (non-hydrogen) atoms. The molecule has 1 amide bonds. The number of carbonyl (C=O) groups excluding carboxylic acids is 1. The van der Waals surface area contributed by atoms with Gasteiger partial charge in [0.25, 0.3) is 5.91 Å². The summed E-state index contributed by atoms with van der Waals surface area (Å²) in [5.41, 5.74) is 3.09. The third kappa shape index (κ3) is 2.77. The lowest BCUT2D eigenvalue weighted by atomic mass is 9.99. The van der Waals surface area contributed by atoms with E-state index in [1.165, 1.54) is 6.42 Å². The molecule has 1 aliphatic rings. The van der Waals surface area contributed by atoms with Crippen LogP contribution in [0.3, 0.4) is 0 Å². The van der Waals surface area contributed by atoms with Gasteiger partial charge in [0.15, 0.2) is 0 Å². The number of hydrogen-bond donors (Lipinski definition) is 0. The lowest BCUT2D eigenvalue weighted by Crippen LogP contribution is -2.44. The van der Waals surface area contributed by atoms with Crippen molar-refractivity contribution in [1.29, 1.82) is 0 Å². The van der Waals surface area contributed by atoms with E-state index in [0.29, 0.717) is 6.04 Å². The molecule has 0 aromatic heterocycles. The van der Waals surface area contributed by atoms with Gasteiger partial charge in [0.2, 0.25) is 0 Å². The van der Waals surface area contributed by atoms with Crippen LogP contribution in [0.15, 0.2) is 18.2 Å². The van der Waals surface area contributed by atoms with Crippen LogP contribution < -0.4 is 0 Å². The number of hydrogen-bond acceptors (Lipinski definition) is 1. The quantitative estimate of drug-likeness (QED) is 0.763. The molecule has 1 saturated heterocycles. The summed E-state index contributed by atoms with van der Waals surface area (Å²) >= 11 is 3.53. The number of benzene rings is 1. The van der Waals surface area contributed by atoms with Crippen LogP contribution in [0.4, 0.5) is 0 Å². The smallest absolute Gasteiger partial charge is 0.254 e. The highest BCUT2D eigenvalue weighted by molar-refractivity contribution is 9.09. The van der Waals surface area contributed by atoms with Gasteiger partial charge < -0.3 is 4.90 Å². The van der Waals surface area contributed by atoms with Gasteiger partial charge in [-0.3, -0.25) is 4.79 Å². The number of carbonyl (C=O) groups is 1. The van der Waals surface area contributed by atoms with Crippen molar-refractivity contribution in [2.24, 2.45) is 0 Å². The van der Waals surface area contributed by atoms with Gasteiger partial charge in [0, 0.05) is 23.5 Å². The molecule has 0 radical (unpaired) electrons. The number of halogens is 1. The predicted molar refractivity (Wildman–Crippen MR) is 78.4 cm³/mol. The van der Waals surface area contributed by atoms with E-state index in [4.69, 9.17) is 0 Å². The summed E-state index contributed by atoms with van der Waals surface area (Å²) in [5.74, 6) is 0.195. The first-order valence-corrected chi connectivity index (χ1v) is 7.70. The Morgan fingerprint density at radius 1 is 1.39 bits per heavy atom. The molecule has 1 aromatic rings. The SMILES string of the molecule is Cc1ccc(C)c(C(=O)N2CCCCC2CBr)c1. The van der Waals surface area contributed by atoms with Gasteiger partial charge in [-0.25, -0.2) is 0 Å². The van der Waals surface area contributed by atoms with Gasteiger partial charge in [-0.2, -0.15) is 0 Å². The zero-order valence-electron chi connectivity index (χ0n) is 11.1. The maximum atomic E-state index is 12.6. The van der Waals surface area contributed by atoms with Gasteiger partial charge in [-0.15, -0.1) is 0 Å². The van der Waals surface area contributed by atoms with Crippen LogP contribution >= 0.6 is 15.9 Å². The van der Waals surface area contributed by atoms with Crippen molar-refractivity contribution in [3.63, 3.8) is 0 Å². The van der Waals surface area contributed by atoms with E-state index in [0.717, 1.165) is 41.4 Å². The highest BCUT2D eigenvalue weighted by Crippen LogP contribution is 2.22. The molecule has 2 nitrogen and oxygen atoms in total. The average molecular weight is 310 g/mol. The van der Waals surface area contributed by atoms with Crippen molar-refractivity contribution in [3.05, 3.63) is 34.9 Å². The van der Waals surface area contributed by atoms with E-state index in [-0.39, 0.29) is 5.91 Å². The third-order valence-electron chi connectivity index (χ3n) is 3.69. The van der Waals surface area contributed by atoms with Crippen molar-refractivity contribution in [3.8, 4) is 0 Å². The fraction of sp³-hybridized carbons (Fsp3) is 0.533. The molecule has 2 rings (SSSR count). The van der Waals surface area contributed by atoms with Crippen LogP contribution in [0, 0.1) is 13.8 Å². The number of piperidine rings is 1. The molecule has 1 fully saturated rings. The van der Waals surface area contributed by atoms with Crippen molar-refractivity contribution < 1.29 is 4.79 Å². The number of likely N-dealkylation sites (tertiary alicyclic amines) is 1. The summed E-state index contributed by atoms with van der Waals surface area (Å²) in [6.07, 6.45) is 3.47. The zero-order chi connectivity index (χ0) is 13.1. The summed E-state index contributed by atoms with van der Waals surface area (Å²) in [4.78, 5) is 14.7. The second kappa shape index (κ2) is 5.87. The highest BCUT2D eigenvalue weighted by atomic mass is 79.9. The Morgan fingerprint density at radius 3 is 2.89 bits per heavy atom. The summed E-state index contributed by atoms with van der Waals surface area (Å²) in [5, 5.41) is 0.879. The Morgan fingerprint density at radius 2 is 2.17 bits per heavy atom. The monoisotopic (exact) mass is 309 g/mol. The molecule has 3 heteroatoms. The first-order chi connectivity index (χ1) is 8.63. The molecule has 98 valence electrons. The fourth-order valence-corrected chi connectivity index (χ4v) is 3.22. The second-order valence-electron chi connectivity index (χ2n) is 5.12. The largest absolute Gasteiger partial charge is 0.335 e. The van der Waals surface area contributed by atoms with E-state index < -0.39 is 0 Å². The van der Waals surface area contributed by atoms with E-state index in [1.54, 1.807) is 0 Å². The number of alkyl halides is 1. The topological polar surface area (TPSA) is 20.3 Å². The Kier molecular flexibility index (Phi) is 4.44. The Labute approximate surface area is 117 Å². The van der Waals surface area contributed by atoms with E-state index in [9.17, 15) is 4.79 Å². The highest BCUT2D eigenvalue weighted by Gasteiger charge is 2.27. The number of rotatable bonds is 2. The van der Waals surface area contributed by atoms with E-state index >= 15 is 0 Å². The number of amides is 1. The van der Waals surface area contributed by atoms with Gasteiger partial charge in [-0.05, 0) is 44.7 Å². The van der Waals surface area contributed by atoms with Gasteiger partial charge >= 0.3 is 0 Å². The third-order valence-corrected chi connectivity index (χ3v) is 4.44. The van der Waals surface area contributed by atoms with Gasteiger partial charge in [0.1, 0.15) is 0 Å². The number of nitrogens with zero attached hydrogens (tertiary/aromatic N) is 1. The van der Waals surface area contributed by atoms with Crippen molar-refractivity contribution >= 4 is 21.8 Å². The predicted octanol–water partition coefficient (Wildman–Crippen LogP) is 3.69. The maximum absolute atomic E-state index is 12.6. The van der Waals surface area contributed by atoms with E-state index in [1.807, 2.05) is 30.9 Å². The molecular weight excluding hydrogens is 290 g/mol. The van der Waals surface area contributed by atoms with Crippen molar-refractivity contribution in [1.82, 2.24) is 4.90 Å². The lowest BCUT2D eigenvalue weighted by molar-refractivity contribution is 0.0641. The summed E-state index contributed by atoms with van der Waals surface area (Å²) < 4.78 is 0. The molecule has 0 saturated carbocycles. The summed E-state index contributed by atoms with van der Waals surface area (Å²) in [7, 11) is 0. The first-order valence-electron chi connectivity index (χ1n) is 6.57. The zero-order valence-corrected chi connectivity index (χ0v) is 12.7. The minimum Gasteiger partial charge on any atom is -0.335 e. The molecule has 1 heterocycles. The Bertz CT molecular complexity index is 444. The van der Waals surface area contributed by atoms with Crippen LogP contribution in [-0.2, 0) is 0 Å². The normalized spacial score (nSPS) is 19.9. The minimum absolute atomic E-state index is 0.195. The Balaban J connectivity index is 2.26. The molecule has 0 spiro atoms. The van der Waals surface area contributed by atoms with Crippen LogP contribution in [0.25, 0.3) is 0 Å². The van der Waals surface area contributed by atoms with Crippen LogP contribution in [0.2, 0.25) is 0 Å². The van der Waals surface area contributed by atoms with Crippen molar-refractivity contribution in [2.45, 2.75) is 39.2 Å². The van der Waals surface area contributed by atoms with Gasteiger partial charge in [0.05, 0.1) is 0 Å². The Hall–Kier alpha value is -0.830.